The van der Waals surface area contributed by atoms with E-state index in [0.717, 1.165) is 25.9 Å². The zero-order valence-electron chi connectivity index (χ0n) is 12.5. The Bertz CT molecular complexity index is 266. The van der Waals surface area contributed by atoms with Crippen molar-refractivity contribution in [2.24, 2.45) is 11.1 Å². The number of hydrogen-bond donors (Lipinski definition) is 1. The normalized spacial score (nSPS) is 19.7. The van der Waals surface area contributed by atoms with E-state index in [0.29, 0.717) is 25.6 Å². The lowest BCUT2D eigenvalue weighted by atomic mass is 9.93. The first-order valence-electron chi connectivity index (χ1n) is 7.00. The first kappa shape index (κ1) is 18.7. The molecule has 1 fully saturated rings. The Kier molecular flexibility index (Phi) is 8.62. The maximum atomic E-state index is 12.0. The van der Waals surface area contributed by atoms with Gasteiger partial charge in [0.15, 0.2) is 0 Å². The molecule has 0 aromatic carbocycles. The summed E-state index contributed by atoms with van der Waals surface area (Å²) in [5, 5.41) is 0. The molecule has 0 aromatic heterocycles. The van der Waals surface area contributed by atoms with Crippen molar-refractivity contribution in [2.75, 3.05) is 26.7 Å². The van der Waals surface area contributed by atoms with Crippen molar-refractivity contribution in [1.82, 2.24) is 4.90 Å². The van der Waals surface area contributed by atoms with Crippen LogP contribution in [0.25, 0.3) is 0 Å². The summed E-state index contributed by atoms with van der Waals surface area (Å²) >= 11 is 0. The van der Waals surface area contributed by atoms with Crippen molar-refractivity contribution in [3.05, 3.63) is 0 Å². The summed E-state index contributed by atoms with van der Waals surface area (Å²) < 4.78 is 5.64. The molecule has 1 atom stereocenters. The van der Waals surface area contributed by atoms with Crippen molar-refractivity contribution < 1.29 is 9.53 Å². The summed E-state index contributed by atoms with van der Waals surface area (Å²) in [6.45, 7) is 6.33. The Morgan fingerprint density at radius 3 is 2.63 bits per heavy atom. The fourth-order valence-corrected chi connectivity index (χ4v) is 2.31. The van der Waals surface area contributed by atoms with E-state index in [9.17, 15) is 4.79 Å². The van der Waals surface area contributed by atoms with Crippen LogP contribution in [0.4, 0.5) is 0 Å². The largest absolute Gasteiger partial charge is 0.378 e. The summed E-state index contributed by atoms with van der Waals surface area (Å²) in [7, 11) is 1.86. The molecule has 0 saturated carbocycles. The van der Waals surface area contributed by atoms with E-state index in [1.165, 1.54) is 6.42 Å². The number of nitrogens with two attached hydrogens (primary N) is 1. The van der Waals surface area contributed by atoms with Crippen LogP contribution in [0.1, 0.15) is 46.0 Å². The molecule has 1 unspecified atom stereocenters. The number of halogens is 1. The topological polar surface area (TPSA) is 55.6 Å². The predicted molar refractivity (Wildman–Crippen MR) is 80.5 cm³/mol. The summed E-state index contributed by atoms with van der Waals surface area (Å²) in [5.41, 5.74) is 5.68. The van der Waals surface area contributed by atoms with Gasteiger partial charge in [0.05, 0.1) is 6.10 Å². The average Bonchev–Trinajstić information content (AvgIpc) is 2.36. The summed E-state index contributed by atoms with van der Waals surface area (Å²) in [5.74, 6) is 0.200. The van der Waals surface area contributed by atoms with Gasteiger partial charge in [0.1, 0.15) is 0 Å². The molecule has 2 N–H and O–H groups in total. The molecule has 1 rings (SSSR count). The Balaban J connectivity index is 0.00000324. The molecule has 1 aliphatic rings. The van der Waals surface area contributed by atoms with Gasteiger partial charge in [-0.25, -0.2) is 0 Å². The van der Waals surface area contributed by atoms with Crippen LogP contribution in [0.2, 0.25) is 0 Å². The number of amides is 1. The van der Waals surface area contributed by atoms with Gasteiger partial charge >= 0.3 is 0 Å². The number of rotatable bonds is 6. The van der Waals surface area contributed by atoms with E-state index in [4.69, 9.17) is 10.5 Å². The fourth-order valence-electron chi connectivity index (χ4n) is 2.31. The van der Waals surface area contributed by atoms with Gasteiger partial charge in [-0.1, -0.05) is 13.8 Å². The van der Waals surface area contributed by atoms with Crippen LogP contribution < -0.4 is 5.73 Å². The third kappa shape index (κ3) is 7.14. The number of ether oxygens (including phenoxy) is 1. The number of hydrogen-bond acceptors (Lipinski definition) is 3. The highest BCUT2D eigenvalue weighted by Crippen LogP contribution is 2.18. The van der Waals surface area contributed by atoms with Crippen molar-refractivity contribution in [3.8, 4) is 0 Å². The molecule has 1 amide bonds. The first-order chi connectivity index (χ1) is 8.44. The molecule has 1 aliphatic heterocycles. The number of carbonyl (C=O) groups excluding carboxylic acids is 1. The molecule has 5 heteroatoms. The van der Waals surface area contributed by atoms with Gasteiger partial charge in [0.25, 0.3) is 0 Å². The molecular weight excluding hydrogens is 264 g/mol. The van der Waals surface area contributed by atoms with E-state index < -0.39 is 0 Å². The highest BCUT2D eigenvalue weighted by Gasteiger charge is 2.22. The van der Waals surface area contributed by atoms with E-state index in [2.05, 4.69) is 13.8 Å². The van der Waals surface area contributed by atoms with Crippen LogP contribution in [0.15, 0.2) is 0 Å². The molecule has 0 spiro atoms. The Hall–Kier alpha value is -0.320. The van der Waals surface area contributed by atoms with Gasteiger partial charge in [0, 0.05) is 26.6 Å². The smallest absolute Gasteiger partial charge is 0.222 e. The molecule has 1 heterocycles. The highest BCUT2D eigenvalue weighted by molar-refractivity contribution is 5.85. The summed E-state index contributed by atoms with van der Waals surface area (Å²) in [6.07, 6.45) is 5.22. The fraction of sp³-hybridized carbons (Fsp3) is 0.929. The molecule has 19 heavy (non-hydrogen) atoms. The summed E-state index contributed by atoms with van der Waals surface area (Å²) in [4.78, 5) is 13.8. The van der Waals surface area contributed by atoms with Crippen molar-refractivity contribution in [3.63, 3.8) is 0 Å². The van der Waals surface area contributed by atoms with Crippen LogP contribution in [-0.2, 0) is 9.53 Å². The van der Waals surface area contributed by atoms with Gasteiger partial charge in [-0.3, -0.25) is 4.79 Å². The van der Waals surface area contributed by atoms with E-state index in [1.807, 2.05) is 7.05 Å². The molecule has 0 bridgehead atoms. The maximum Gasteiger partial charge on any atom is 0.222 e. The third-order valence-electron chi connectivity index (χ3n) is 3.60. The van der Waals surface area contributed by atoms with Gasteiger partial charge in [0.2, 0.25) is 5.91 Å². The Labute approximate surface area is 123 Å². The number of carbonyl (C=O) groups is 1. The van der Waals surface area contributed by atoms with Crippen molar-refractivity contribution in [1.29, 1.82) is 0 Å². The van der Waals surface area contributed by atoms with Gasteiger partial charge in [-0.15, -0.1) is 12.4 Å². The Morgan fingerprint density at radius 2 is 2.11 bits per heavy atom. The lowest BCUT2D eigenvalue weighted by Gasteiger charge is -2.29. The van der Waals surface area contributed by atoms with Crippen LogP contribution in [0, 0.1) is 5.41 Å². The molecular formula is C14H29ClN2O2. The number of nitrogens with zero attached hydrogens (tertiary/aromatic N) is 1. The van der Waals surface area contributed by atoms with Crippen LogP contribution >= 0.6 is 12.4 Å². The molecule has 114 valence electrons. The lowest BCUT2D eigenvalue weighted by molar-refractivity contribution is -0.132. The Morgan fingerprint density at radius 1 is 1.42 bits per heavy atom. The van der Waals surface area contributed by atoms with E-state index in [-0.39, 0.29) is 23.7 Å². The quantitative estimate of drug-likeness (QED) is 0.816. The van der Waals surface area contributed by atoms with Gasteiger partial charge in [-0.2, -0.15) is 0 Å². The van der Waals surface area contributed by atoms with E-state index >= 15 is 0 Å². The molecule has 0 radical (unpaired) electrons. The first-order valence-corrected chi connectivity index (χ1v) is 7.00. The zero-order chi connectivity index (χ0) is 13.6. The minimum Gasteiger partial charge on any atom is -0.378 e. The zero-order valence-corrected chi connectivity index (χ0v) is 13.3. The van der Waals surface area contributed by atoms with Gasteiger partial charge < -0.3 is 15.4 Å². The minimum absolute atomic E-state index is 0. The molecule has 0 aliphatic carbocycles. The standard InChI is InChI=1S/C14H28N2O2.ClH/c1-14(2,10-15)11-16(3)13(17)8-7-12-6-4-5-9-18-12;/h12H,4-11,15H2,1-3H3;1H. The second kappa shape index (κ2) is 8.77. The lowest BCUT2D eigenvalue weighted by Crippen LogP contribution is -2.40. The minimum atomic E-state index is -0.00819. The molecule has 0 aromatic rings. The van der Waals surface area contributed by atoms with Crippen LogP contribution in [0.3, 0.4) is 0 Å². The maximum absolute atomic E-state index is 12.0. The molecule has 1 saturated heterocycles. The van der Waals surface area contributed by atoms with E-state index in [1.54, 1.807) is 4.90 Å². The third-order valence-corrected chi connectivity index (χ3v) is 3.60. The SMILES string of the molecule is CN(CC(C)(C)CN)C(=O)CCC1CCCCO1.Cl. The summed E-state index contributed by atoms with van der Waals surface area (Å²) in [6, 6.07) is 0. The van der Waals surface area contributed by atoms with Crippen molar-refractivity contribution in [2.45, 2.75) is 52.1 Å². The van der Waals surface area contributed by atoms with Gasteiger partial charge in [-0.05, 0) is 37.6 Å². The predicted octanol–water partition coefficient (Wildman–Crippen LogP) is 2.20. The highest BCUT2D eigenvalue weighted by atomic mass is 35.5. The monoisotopic (exact) mass is 292 g/mol. The second-order valence-electron chi connectivity index (χ2n) is 6.15. The van der Waals surface area contributed by atoms with Crippen molar-refractivity contribution >= 4 is 18.3 Å². The average molecular weight is 293 g/mol. The van der Waals surface area contributed by atoms with Crippen LogP contribution in [0.5, 0.6) is 0 Å². The molecule has 4 nitrogen and oxygen atoms in total. The second-order valence-corrected chi connectivity index (χ2v) is 6.15. The van der Waals surface area contributed by atoms with Crippen LogP contribution in [-0.4, -0.2) is 43.7 Å².